The molecular formula is C18H17NO. The van der Waals surface area contributed by atoms with E-state index in [0.717, 1.165) is 11.4 Å². The summed E-state index contributed by atoms with van der Waals surface area (Å²) in [5, 5.41) is 0. The summed E-state index contributed by atoms with van der Waals surface area (Å²) in [5.41, 5.74) is 1.71. The molecule has 0 saturated carbocycles. The molecule has 0 aliphatic rings. The average Bonchev–Trinajstić information content (AvgIpc) is 2.50. The van der Waals surface area contributed by atoms with Crippen LogP contribution < -0.4 is 4.90 Å². The summed E-state index contributed by atoms with van der Waals surface area (Å²) in [5.74, 6) is -0.0690. The molecule has 2 rings (SSSR count). The molecule has 100 valence electrons. The third kappa shape index (κ3) is 3.45. The number of hydrogen-bond donors (Lipinski definition) is 0. The molecule has 0 bridgehead atoms. The van der Waals surface area contributed by atoms with Crippen LogP contribution in [0.3, 0.4) is 0 Å². The molecule has 20 heavy (non-hydrogen) atoms. The minimum absolute atomic E-state index is 0.0690. The Bertz CT molecular complexity index is 560. The Balaban J connectivity index is 2.38. The molecule has 0 saturated heterocycles. The lowest BCUT2D eigenvalue weighted by Gasteiger charge is -2.21. The Morgan fingerprint density at radius 1 is 0.850 bits per heavy atom. The first kappa shape index (κ1) is 13.8. The highest BCUT2D eigenvalue weighted by Gasteiger charge is 2.14. The van der Waals surface area contributed by atoms with Crippen LogP contribution in [0.4, 0.5) is 11.4 Å². The van der Waals surface area contributed by atoms with Crippen LogP contribution in [0.1, 0.15) is 6.92 Å². The number of nitrogens with zero attached hydrogens (tertiary/aromatic N) is 1. The fourth-order valence-corrected chi connectivity index (χ4v) is 1.88. The standard InChI is InChI=1S/C18H17NO/c1-2-3-6-15-18(20)19(16-11-7-4-8-12-16)17-13-9-5-10-14-17/h2-15H,1H3/b3-2+,15-6+. The SMILES string of the molecule is C/C=C/C=C/C(=O)N(c1ccccc1)c1ccccc1. The molecule has 2 heteroatoms. The normalized spacial score (nSPS) is 11.1. The van der Waals surface area contributed by atoms with Gasteiger partial charge in [-0.05, 0) is 31.2 Å². The molecule has 0 aromatic heterocycles. The van der Waals surface area contributed by atoms with Gasteiger partial charge in [-0.3, -0.25) is 9.69 Å². The van der Waals surface area contributed by atoms with Crippen molar-refractivity contribution in [2.45, 2.75) is 6.92 Å². The Morgan fingerprint density at radius 2 is 1.35 bits per heavy atom. The van der Waals surface area contributed by atoms with Gasteiger partial charge in [0.2, 0.25) is 0 Å². The summed E-state index contributed by atoms with van der Waals surface area (Å²) >= 11 is 0. The lowest BCUT2D eigenvalue weighted by Crippen LogP contribution is -2.23. The van der Waals surface area contributed by atoms with E-state index in [9.17, 15) is 4.79 Å². The predicted molar refractivity (Wildman–Crippen MR) is 84.0 cm³/mol. The summed E-state index contributed by atoms with van der Waals surface area (Å²) in [6.45, 7) is 1.92. The second-order valence-electron chi connectivity index (χ2n) is 4.23. The van der Waals surface area contributed by atoms with E-state index in [2.05, 4.69) is 0 Å². The van der Waals surface area contributed by atoms with Crippen molar-refractivity contribution in [2.75, 3.05) is 4.90 Å². The Morgan fingerprint density at radius 3 is 1.80 bits per heavy atom. The summed E-state index contributed by atoms with van der Waals surface area (Å²) in [7, 11) is 0. The van der Waals surface area contributed by atoms with Crippen LogP contribution in [0.5, 0.6) is 0 Å². The smallest absolute Gasteiger partial charge is 0.255 e. The van der Waals surface area contributed by atoms with Crippen molar-refractivity contribution >= 4 is 17.3 Å². The third-order valence-corrected chi connectivity index (χ3v) is 2.79. The van der Waals surface area contributed by atoms with E-state index in [1.807, 2.05) is 79.7 Å². The summed E-state index contributed by atoms with van der Waals surface area (Å²) in [6, 6.07) is 19.3. The molecule has 0 spiro atoms. The van der Waals surface area contributed by atoms with Gasteiger partial charge >= 0.3 is 0 Å². The lowest BCUT2D eigenvalue weighted by atomic mass is 10.2. The molecule has 2 aromatic rings. The van der Waals surface area contributed by atoms with Gasteiger partial charge in [0.1, 0.15) is 0 Å². The zero-order chi connectivity index (χ0) is 14.2. The Kier molecular flexibility index (Phi) is 4.90. The fourth-order valence-electron chi connectivity index (χ4n) is 1.88. The van der Waals surface area contributed by atoms with E-state index in [-0.39, 0.29) is 5.91 Å². The van der Waals surface area contributed by atoms with Gasteiger partial charge in [0.05, 0.1) is 0 Å². The van der Waals surface area contributed by atoms with Crippen molar-refractivity contribution in [3.63, 3.8) is 0 Å². The molecule has 0 atom stereocenters. The second-order valence-corrected chi connectivity index (χ2v) is 4.23. The van der Waals surface area contributed by atoms with E-state index >= 15 is 0 Å². The number of allylic oxidation sites excluding steroid dienone is 3. The van der Waals surface area contributed by atoms with E-state index in [1.54, 1.807) is 17.1 Å². The summed E-state index contributed by atoms with van der Waals surface area (Å²) in [6.07, 6.45) is 7.05. The molecule has 0 radical (unpaired) electrons. The first-order chi connectivity index (χ1) is 9.83. The van der Waals surface area contributed by atoms with Crippen molar-refractivity contribution in [1.82, 2.24) is 0 Å². The number of anilines is 2. The van der Waals surface area contributed by atoms with Gasteiger partial charge in [0.25, 0.3) is 5.91 Å². The maximum absolute atomic E-state index is 12.4. The maximum atomic E-state index is 12.4. The minimum atomic E-state index is -0.0690. The van der Waals surface area contributed by atoms with Gasteiger partial charge in [0.15, 0.2) is 0 Å². The van der Waals surface area contributed by atoms with Crippen LogP contribution in [0, 0.1) is 0 Å². The number of carbonyl (C=O) groups excluding carboxylic acids is 1. The average molecular weight is 263 g/mol. The number of benzene rings is 2. The highest BCUT2D eigenvalue weighted by molar-refractivity contribution is 6.07. The van der Waals surface area contributed by atoms with Crippen LogP contribution in [0.15, 0.2) is 85.0 Å². The predicted octanol–water partition coefficient (Wildman–Crippen LogP) is 4.48. The second kappa shape index (κ2) is 7.10. The quantitative estimate of drug-likeness (QED) is 0.588. The van der Waals surface area contributed by atoms with E-state index in [1.165, 1.54) is 0 Å². The van der Waals surface area contributed by atoms with Gasteiger partial charge < -0.3 is 0 Å². The van der Waals surface area contributed by atoms with E-state index in [4.69, 9.17) is 0 Å². The van der Waals surface area contributed by atoms with Crippen LogP contribution in [-0.4, -0.2) is 5.91 Å². The van der Waals surface area contributed by atoms with Crippen molar-refractivity contribution in [1.29, 1.82) is 0 Å². The number of amides is 1. The van der Waals surface area contributed by atoms with Gasteiger partial charge in [-0.1, -0.05) is 54.6 Å². The Hall–Kier alpha value is -2.61. The number of rotatable bonds is 4. The molecule has 0 N–H and O–H groups in total. The number of hydrogen-bond acceptors (Lipinski definition) is 1. The molecule has 1 amide bonds. The third-order valence-electron chi connectivity index (χ3n) is 2.79. The highest BCUT2D eigenvalue weighted by atomic mass is 16.2. The summed E-state index contributed by atoms with van der Waals surface area (Å²) < 4.78 is 0. The van der Waals surface area contributed by atoms with Gasteiger partial charge in [0, 0.05) is 17.5 Å². The van der Waals surface area contributed by atoms with Crippen LogP contribution in [0.2, 0.25) is 0 Å². The van der Waals surface area contributed by atoms with Crippen LogP contribution in [-0.2, 0) is 4.79 Å². The first-order valence-electron chi connectivity index (χ1n) is 6.56. The fraction of sp³-hybridized carbons (Fsp3) is 0.0556. The first-order valence-corrected chi connectivity index (χ1v) is 6.56. The largest absolute Gasteiger partial charge is 0.278 e. The zero-order valence-corrected chi connectivity index (χ0v) is 11.4. The van der Waals surface area contributed by atoms with Gasteiger partial charge in [-0.2, -0.15) is 0 Å². The maximum Gasteiger partial charge on any atom is 0.255 e. The lowest BCUT2D eigenvalue weighted by molar-refractivity contribution is -0.113. The van der Waals surface area contributed by atoms with Crippen molar-refractivity contribution < 1.29 is 4.79 Å². The number of para-hydroxylation sites is 2. The molecule has 0 fully saturated rings. The van der Waals surface area contributed by atoms with E-state index in [0.29, 0.717) is 0 Å². The Labute approximate surface area is 119 Å². The van der Waals surface area contributed by atoms with E-state index < -0.39 is 0 Å². The van der Waals surface area contributed by atoms with Crippen LogP contribution in [0.25, 0.3) is 0 Å². The molecule has 0 unspecified atom stereocenters. The van der Waals surface area contributed by atoms with Gasteiger partial charge in [-0.25, -0.2) is 0 Å². The van der Waals surface area contributed by atoms with Gasteiger partial charge in [-0.15, -0.1) is 0 Å². The summed E-state index contributed by atoms with van der Waals surface area (Å²) in [4.78, 5) is 14.1. The molecule has 0 heterocycles. The molecule has 2 aromatic carbocycles. The van der Waals surface area contributed by atoms with Crippen molar-refractivity contribution in [3.8, 4) is 0 Å². The van der Waals surface area contributed by atoms with Crippen molar-refractivity contribution in [2.24, 2.45) is 0 Å². The zero-order valence-electron chi connectivity index (χ0n) is 11.4. The number of carbonyl (C=O) groups is 1. The molecule has 2 nitrogen and oxygen atoms in total. The topological polar surface area (TPSA) is 20.3 Å². The molecule has 0 aliphatic heterocycles. The van der Waals surface area contributed by atoms with Crippen molar-refractivity contribution in [3.05, 3.63) is 85.0 Å². The monoisotopic (exact) mass is 263 g/mol. The highest BCUT2D eigenvalue weighted by Crippen LogP contribution is 2.25. The van der Waals surface area contributed by atoms with Crippen LogP contribution >= 0.6 is 0 Å². The minimum Gasteiger partial charge on any atom is -0.278 e. The molecule has 0 aliphatic carbocycles. The molecular weight excluding hydrogens is 246 g/mol.